The highest BCUT2D eigenvalue weighted by molar-refractivity contribution is 5.90. The van der Waals surface area contributed by atoms with Gasteiger partial charge in [0.1, 0.15) is 17.3 Å². The van der Waals surface area contributed by atoms with Gasteiger partial charge in [-0.05, 0) is 116 Å². The monoisotopic (exact) mass is 696 g/mol. The van der Waals surface area contributed by atoms with Crippen LogP contribution in [0.5, 0.6) is 0 Å². The highest BCUT2D eigenvalue weighted by Gasteiger charge is 2.51. The Hall–Kier alpha value is -3.01. The quantitative estimate of drug-likeness (QED) is 0.131. The van der Waals surface area contributed by atoms with Gasteiger partial charge >= 0.3 is 17.9 Å². The topological polar surface area (TPSA) is 132 Å². The van der Waals surface area contributed by atoms with Crippen molar-refractivity contribution in [2.45, 2.75) is 161 Å². The summed E-state index contributed by atoms with van der Waals surface area (Å²) in [6, 6.07) is 0. The van der Waals surface area contributed by atoms with E-state index in [9.17, 15) is 24.6 Å². The van der Waals surface area contributed by atoms with Crippen molar-refractivity contribution >= 4 is 17.9 Å². The average Bonchev–Trinajstić information content (AvgIpc) is 3.74. The van der Waals surface area contributed by atoms with E-state index < -0.39 is 35.3 Å². The zero-order valence-corrected chi connectivity index (χ0v) is 31.5. The fourth-order valence-electron chi connectivity index (χ4n) is 7.25. The summed E-state index contributed by atoms with van der Waals surface area (Å²) < 4.78 is 23.3. The number of carbonyl (C=O) groups excluding carboxylic acids is 3. The minimum atomic E-state index is -1.51. The van der Waals surface area contributed by atoms with Gasteiger partial charge in [0.15, 0.2) is 0 Å². The number of fused-ring (bicyclic) bond motifs is 4. The number of epoxide rings is 1. The predicted octanol–water partition coefficient (Wildman–Crippen LogP) is 7.31. The Kier molecular flexibility index (Phi) is 13.2. The highest BCUT2D eigenvalue weighted by Crippen LogP contribution is 2.44. The lowest BCUT2D eigenvalue weighted by molar-refractivity contribution is -0.169. The Bertz CT molecular complexity index is 1430. The van der Waals surface area contributed by atoms with E-state index in [1.165, 1.54) is 7.11 Å². The molecule has 278 valence electrons. The van der Waals surface area contributed by atoms with Gasteiger partial charge in [0.25, 0.3) is 0 Å². The van der Waals surface area contributed by atoms with E-state index in [1.54, 1.807) is 13.8 Å². The van der Waals surface area contributed by atoms with Crippen LogP contribution in [0, 0.1) is 11.8 Å². The molecule has 9 heteroatoms. The van der Waals surface area contributed by atoms with Crippen molar-refractivity contribution in [3.05, 3.63) is 58.2 Å². The van der Waals surface area contributed by atoms with Crippen LogP contribution in [-0.4, -0.2) is 70.3 Å². The van der Waals surface area contributed by atoms with Gasteiger partial charge in [-0.15, -0.1) is 0 Å². The Morgan fingerprint density at radius 3 is 2.16 bits per heavy atom. The Morgan fingerprint density at radius 1 is 0.820 bits per heavy atom. The molecule has 3 heterocycles. The smallest absolute Gasteiger partial charge is 0.334 e. The SMILES string of the molecule is COC(=O)/C1=C\C=C(\C(C)C)CC/C(C(=O)O[C@@H]2/C=C(/C(C)C)CCC3=CCC[C@@](C)(OC3=O)[C@H](O)CC[C@@]2(C)O)=C\CC[C@@]2(C)O[C@H]2CC1. The van der Waals surface area contributed by atoms with E-state index in [0.29, 0.717) is 80.9 Å². The summed E-state index contributed by atoms with van der Waals surface area (Å²) in [5, 5.41) is 23.2. The molecule has 6 atom stereocenters. The first-order chi connectivity index (χ1) is 23.5. The summed E-state index contributed by atoms with van der Waals surface area (Å²) >= 11 is 0. The average molecular weight is 697 g/mol. The first-order valence-electron chi connectivity index (χ1n) is 18.6. The molecule has 2 N–H and O–H groups in total. The van der Waals surface area contributed by atoms with E-state index in [1.807, 2.05) is 44.2 Å². The van der Waals surface area contributed by atoms with Gasteiger partial charge < -0.3 is 29.2 Å². The van der Waals surface area contributed by atoms with Crippen LogP contribution >= 0.6 is 0 Å². The van der Waals surface area contributed by atoms with Crippen molar-refractivity contribution in [3.8, 4) is 0 Å². The Balaban J connectivity index is 1.66. The zero-order valence-electron chi connectivity index (χ0n) is 31.5. The number of rotatable bonds is 5. The molecule has 4 rings (SSSR count). The van der Waals surface area contributed by atoms with Crippen LogP contribution in [0.4, 0.5) is 0 Å². The van der Waals surface area contributed by atoms with Crippen molar-refractivity contribution in [1.29, 1.82) is 0 Å². The first-order valence-corrected chi connectivity index (χ1v) is 18.6. The van der Waals surface area contributed by atoms with Gasteiger partial charge in [0.05, 0.1) is 24.9 Å². The van der Waals surface area contributed by atoms with Crippen LogP contribution in [0.2, 0.25) is 0 Å². The van der Waals surface area contributed by atoms with Crippen molar-refractivity contribution in [3.63, 3.8) is 0 Å². The lowest BCUT2D eigenvalue weighted by Gasteiger charge is -2.36. The van der Waals surface area contributed by atoms with Gasteiger partial charge in [-0.3, -0.25) is 0 Å². The second-order valence-electron chi connectivity index (χ2n) is 15.9. The zero-order chi connectivity index (χ0) is 36.9. The lowest BCUT2D eigenvalue weighted by atomic mass is 9.83. The Labute approximate surface area is 298 Å². The summed E-state index contributed by atoms with van der Waals surface area (Å²) in [4.78, 5) is 39.8. The minimum Gasteiger partial charge on any atom is -0.466 e. The largest absolute Gasteiger partial charge is 0.466 e. The molecule has 0 aromatic rings. The fourth-order valence-corrected chi connectivity index (χ4v) is 7.25. The van der Waals surface area contributed by atoms with Crippen LogP contribution in [0.25, 0.3) is 0 Å². The molecule has 3 aliphatic heterocycles. The van der Waals surface area contributed by atoms with Crippen LogP contribution < -0.4 is 0 Å². The summed E-state index contributed by atoms with van der Waals surface area (Å²) in [7, 11) is 1.39. The fraction of sp³-hybridized carbons (Fsp3) is 0.683. The number of aliphatic hydroxyl groups excluding tert-OH is 1. The molecule has 4 aliphatic rings. The van der Waals surface area contributed by atoms with Crippen molar-refractivity contribution < 1.29 is 43.5 Å². The van der Waals surface area contributed by atoms with Crippen LogP contribution in [0.3, 0.4) is 0 Å². The molecular weight excluding hydrogens is 636 g/mol. The molecule has 0 aromatic heterocycles. The summed E-state index contributed by atoms with van der Waals surface area (Å²) in [5.41, 5.74) is 0.811. The molecule has 0 aromatic carbocycles. The molecule has 2 bridgehead atoms. The van der Waals surface area contributed by atoms with Gasteiger partial charge in [0.2, 0.25) is 0 Å². The second-order valence-corrected chi connectivity index (χ2v) is 15.9. The molecule has 0 saturated carbocycles. The lowest BCUT2D eigenvalue weighted by Crippen LogP contribution is -2.46. The van der Waals surface area contributed by atoms with Crippen LogP contribution in [0.15, 0.2) is 58.2 Å². The molecule has 50 heavy (non-hydrogen) atoms. The van der Waals surface area contributed by atoms with E-state index >= 15 is 0 Å². The number of hydrogen-bond acceptors (Lipinski definition) is 9. The maximum atomic E-state index is 14.2. The summed E-state index contributed by atoms with van der Waals surface area (Å²) in [6.07, 6.45) is 13.5. The molecular formula is C41H60O9. The molecule has 0 amide bonds. The van der Waals surface area contributed by atoms with Gasteiger partial charge in [-0.2, -0.15) is 0 Å². The number of ether oxygens (including phenoxy) is 4. The third-order valence-corrected chi connectivity index (χ3v) is 11.3. The van der Waals surface area contributed by atoms with E-state index in [2.05, 4.69) is 20.8 Å². The maximum absolute atomic E-state index is 14.2. The van der Waals surface area contributed by atoms with Gasteiger partial charge in [-0.1, -0.05) is 63.1 Å². The van der Waals surface area contributed by atoms with Crippen LogP contribution in [0.1, 0.15) is 126 Å². The van der Waals surface area contributed by atoms with E-state index in [0.717, 1.165) is 11.1 Å². The minimum absolute atomic E-state index is 0.0135. The van der Waals surface area contributed by atoms with Gasteiger partial charge in [0, 0.05) is 16.7 Å². The second kappa shape index (κ2) is 16.6. The van der Waals surface area contributed by atoms with Gasteiger partial charge in [-0.25, -0.2) is 14.4 Å². The Morgan fingerprint density at radius 2 is 1.48 bits per heavy atom. The molecule has 1 fully saturated rings. The number of allylic oxidation sites excluding steroid dienone is 6. The number of carbonyl (C=O) groups is 3. The number of aliphatic hydroxyl groups is 2. The molecule has 0 radical (unpaired) electrons. The highest BCUT2D eigenvalue weighted by atomic mass is 16.6. The summed E-state index contributed by atoms with van der Waals surface area (Å²) in [5.74, 6) is -1.01. The van der Waals surface area contributed by atoms with Crippen molar-refractivity contribution in [2.24, 2.45) is 11.8 Å². The molecule has 1 saturated heterocycles. The molecule has 0 spiro atoms. The third-order valence-electron chi connectivity index (χ3n) is 11.3. The number of esters is 3. The van der Waals surface area contributed by atoms with E-state index in [-0.39, 0.29) is 42.4 Å². The molecule has 0 unspecified atom stereocenters. The predicted molar refractivity (Wildman–Crippen MR) is 192 cm³/mol. The van der Waals surface area contributed by atoms with E-state index in [4.69, 9.17) is 18.9 Å². The normalized spacial score (nSPS) is 37.5. The molecule has 9 nitrogen and oxygen atoms in total. The van der Waals surface area contributed by atoms with Crippen LogP contribution in [-0.2, 0) is 33.3 Å². The summed E-state index contributed by atoms with van der Waals surface area (Å²) in [6.45, 7) is 13.7. The number of methoxy groups -OCH3 is 1. The first kappa shape index (κ1) is 39.8. The standard InChI is InChI=1S/C41H60O9/c1-26(2)28-13-15-29(11-10-23-41(7)34(49-41)20-19-31(16-14-28)36(43)47-8)37(44)48-35-25-32(27(3)4)18-17-30-12-9-22-40(6,50-38(30)45)33(42)21-24-39(35,5)46/h11-12,14,16,25-27,33-35,42,46H,9-10,13,15,17-24H2,1-8H3/b28-14+,29-11+,31-16-,32-25+/t33-,34+,35-,39-,40-,41-/m1/s1. The maximum Gasteiger partial charge on any atom is 0.334 e. The van der Waals surface area contributed by atoms with Crippen molar-refractivity contribution in [2.75, 3.05) is 7.11 Å². The van der Waals surface area contributed by atoms with Crippen molar-refractivity contribution in [1.82, 2.24) is 0 Å². The number of hydrogen-bond donors (Lipinski definition) is 2. The third kappa shape index (κ3) is 10.1. The molecule has 1 aliphatic carbocycles.